The van der Waals surface area contributed by atoms with Crippen LogP contribution in [0.2, 0.25) is 0 Å². The van der Waals surface area contributed by atoms with Crippen LogP contribution in [-0.2, 0) is 11.2 Å². The number of rotatable bonds is 4. The number of ether oxygens (including phenoxy) is 1. The molecule has 124 valence electrons. The fraction of sp³-hybridized carbons (Fsp3) is 0.556. The van der Waals surface area contributed by atoms with Gasteiger partial charge in [-0.3, -0.25) is 0 Å². The van der Waals surface area contributed by atoms with Crippen LogP contribution in [0.4, 0.5) is 0 Å². The lowest BCUT2D eigenvalue weighted by Gasteiger charge is -2.32. The summed E-state index contributed by atoms with van der Waals surface area (Å²) in [6.45, 7) is 4.12. The summed E-state index contributed by atoms with van der Waals surface area (Å²) in [6.07, 6.45) is 4.05. The first-order valence-corrected chi connectivity index (χ1v) is 8.44. The van der Waals surface area contributed by atoms with Gasteiger partial charge in [-0.15, -0.1) is 0 Å². The highest BCUT2D eigenvalue weighted by molar-refractivity contribution is 5.41. The number of nitrogens with zero attached hydrogens (tertiary/aromatic N) is 3. The SMILES string of the molecule is CCc1ccccc1-n1nc(C)nc1[C@H]1CC[C@@H](OC)[C@H](N)C1. The normalized spacial score (nSPS) is 24.8. The maximum absolute atomic E-state index is 6.29. The minimum atomic E-state index is 0.0608. The Hall–Kier alpha value is -1.72. The minimum Gasteiger partial charge on any atom is -0.380 e. The van der Waals surface area contributed by atoms with Crippen LogP contribution in [0.25, 0.3) is 5.69 Å². The molecule has 1 fully saturated rings. The van der Waals surface area contributed by atoms with Gasteiger partial charge in [0.1, 0.15) is 11.6 Å². The molecule has 5 heteroatoms. The molecule has 3 rings (SSSR count). The van der Waals surface area contributed by atoms with Crippen molar-refractivity contribution in [1.29, 1.82) is 0 Å². The molecular formula is C18H26N4O. The van der Waals surface area contributed by atoms with Gasteiger partial charge in [0, 0.05) is 19.1 Å². The summed E-state index contributed by atoms with van der Waals surface area (Å²) in [7, 11) is 1.75. The second kappa shape index (κ2) is 6.81. The van der Waals surface area contributed by atoms with Gasteiger partial charge in [-0.1, -0.05) is 25.1 Å². The van der Waals surface area contributed by atoms with Gasteiger partial charge in [0.25, 0.3) is 0 Å². The van der Waals surface area contributed by atoms with E-state index in [1.54, 1.807) is 7.11 Å². The van der Waals surface area contributed by atoms with Crippen molar-refractivity contribution in [3.63, 3.8) is 0 Å². The zero-order chi connectivity index (χ0) is 16.4. The van der Waals surface area contributed by atoms with Gasteiger partial charge >= 0.3 is 0 Å². The zero-order valence-electron chi connectivity index (χ0n) is 14.2. The first kappa shape index (κ1) is 16.1. The van der Waals surface area contributed by atoms with E-state index in [-0.39, 0.29) is 12.1 Å². The molecule has 2 N–H and O–H groups in total. The Balaban J connectivity index is 1.96. The van der Waals surface area contributed by atoms with E-state index in [1.807, 2.05) is 11.6 Å². The number of aromatic nitrogens is 3. The molecule has 0 saturated heterocycles. The summed E-state index contributed by atoms with van der Waals surface area (Å²) < 4.78 is 7.50. The highest BCUT2D eigenvalue weighted by Crippen LogP contribution is 2.34. The molecule has 1 aromatic heterocycles. The van der Waals surface area contributed by atoms with E-state index < -0.39 is 0 Å². The fourth-order valence-electron chi connectivity index (χ4n) is 3.59. The molecule has 1 saturated carbocycles. The molecule has 1 aliphatic carbocycles. The van der Waals surface area contributed by atoms with Gasteiger partial charge in [0.2, 0.25) is 0 Å². The minimum absolute atomic E-state index is 0.0608. The van der Waals surface area contributed by atoms with Gasteiger partial charge in [-0.05, 0) is 44.2 Å². The lowest BCUT2D eigenvalue weighted by Crippen LogP contribution is -2.41. The van der Waals surface area contributed by atoms with E-state index in [0.29, 0.717) is 5.92 Å². The van der Waals surface area contributed by atoms with Crippen molar-refractivity contribution in [2.45, 2.75) is 57.6 Å². The Labute approximate surface area is 137 Å². The molecule has 1 aliphatic rings. The number of hydrogen-bond donors (Lipinski definition) is 1. The Morgan fingerprint density at radius 3 is 2.78 bits per heavy atom. The Bertz CT molecular complexity index is 667. The van der Waals surface area contributed by atoms with Gasteiger partial charge in [0.05, 0.1) is 11.8 Å². The van der Waals surface area contributed by atoms with Gasteiger partial charge in [-0.2, -0.15) is 5.10 Å². The summed E-state index contributed by atoms with van der Waals surface area (Å²) >= 11 is 0. The maximum atomic E-state index is 6.29. The zero-order valence-corrected chi connectivity index (χ0v) is 14.2. The molecule has 0 aliphatic heterocycles. The number of benzene rings is 1. The van der Waals surface area contributed by atoms with E-state index in [4.69, 9.17) is 15.5 Å². The molecule has 1 aromatic carbocycles. The second-order valence-electron chi connectivity index (χ2n) is 6.36. The highest BCUT2D eigenvalue weighted by atomic mass is 16.5. The smallest absolute Gasteiger partial charge is 0.148 e. The van der Waals surface area contributed by atoms with Crippen LogP contribution in [0.3, 0.4) is 0 Å². The van der Waals surface area contributed by atoms with E-state index in [1.165, 1.54) is 5.56 Å². The third-order valence-electron chi connectivity index (χ3n) is 4.84. The molecule has 0 radical (unpaired) electrons. The monoisotopic (exact) mass is 314 g/mol. The van der Waals surface area contributed by atoms with Crippen molar-refractivity contribution in [2.75, 3.05) is 7.11 Å². The maximum Gasteiger partial charge on any atom is 0.148 e. The summed E-state index contributed by atoms with van der Waals surface area (Å²) in [5, 5.41) is 4.66. The molecular weight excluding hydrogens is 288 g/mol. The molecule has 2 aromatic rings. The molecule has 3 atom stereocenters. The Kier molecular flexibility index (Phi) is 4.78. The van der Waals surface area contributed by atoms with Gasteiger partial charge in [-0.25, -0.2) is 9.67 Å². The lowest BCUT2D eigenvalue weighted by molar-refractivity contribution is 0.0482. The van der Waals surface area contributed by atoms with Crippen LogP contribution in [0.5, 0.6) is 0 Å². The van der Waals surface area contributed by atoms with Gasteiger partial charge in [0.15, 0.2) is 0 Å². The highest BCUT2D eigenvalue weighted by Gasteiger charge is 2.32. The third-order valence-corrected chi connectivity index (χ3v) is 4.84. The quantitative estimate of drug-likeness (QED) is 0.942. The van der Waals surface area contributed by atoms with Crippen LogP contribution in [0, 0.1) is 6.92 Å². The van der Waals surface area contributed by atoms with E-state index in [9.17, 15) is 0 Å². The summed E-state index contributed by atoms with van der Waals surface area (Å²) in [6, 6.07) is 8.47. The van der Waals surface area contributed by atoms with Crippen LogP contribution >= 0.6 is 0 Å². The Morgan fingerprint density at radius 1 is 1.30 bits per heavy atom. The number of para-hydroxylation sites is 1. The number of hydrogen-bond acceptors (Lipinski definition) is 4. The van der Waals surface area contributed by atoms with Gasteiger partial charge < -0.3 is 10.5 Å². The van der Waals surface area contributed by atoms with Crippen LogP contribution in [0.1, 0.15) is 49.3 Å². The van der Waals surface area contributed by atoms with Crippen molar-refractivity contribution in [3.05, 3.63) is 41.5 Å². The van der Waals surface area contributed by atoms with E-state index in [0.717, 1.165) is 43.0 Å². The molecule has 23 heavy (non-hydrogen) atoms. The summed E-state index contributed by atoms with van der Waals surface area (Å²) in [4.78, 5) is 4.73. The molecule has 0 bridgehead atoms. The fourth-order valence-corrected chi connectivity index (χ4v) is 3.59. The van der Waals surface area contributed by atoms with Crippen molar-refractivity contribution in [2.24, 2.45) is 5.73 Å². The topological polar surface area (TPSA) is 66.0 Å². The first-order valence-electron chi connectivity index (χ1n) is 8.44. The Morgan fingerprint density at radius 2 is 2.09 bits per heavy atom. The molecule has 0 amide bonds. The van der Waals surface area contributed by atoms with Crippen LogP contribution < -0.4 is 5.73 Å². The first-order chi connectivity index (χ1) is 11.1. The molecule has 0 spiro atoms. The summed E-state index contributed by atoms with van der Waals surface area (Å²) in [5.74, 6) is 2.18. The average molecular weight is 314 g/mol. The van der Waals surface area contributed by atoms with E-state index >= 15 is 0 Å². The average Bonchev–Trinajstić information content (AvgIpc) is 2.96. The third kappa shape index (κ3) is 3.16. The number of aryl methyl sites for hydroxylation is 2. The van der Waals surface area contributed by atoms with Crippen molar-refractivity contribution < 1.29 is 4.74 Å². The predicted octanol–water partition coefficient (Wildman–Crippen LogP) is 2.75. The predicted molar refractivity (Wildman–Crippen MR) is 90.8 cm³/mol. The summed E-state index contributed by atoms with van der Waals surface area (Å²) in [5.41, 5.74) is 8.70. The van der Waals surface area contributed by atoms with Crippen molar-refractivity contribution in [1.82, 2.24) is 14.8 Å². The molecule has 0 unspecified atom stereocenters. The molecule has 1 heterocycles. The lowest BCUT2D eigenvalue weighted by atomic mass is 9.83. The van der Waals surface area contributed by atoms with Crippen LogP contribution in [-0.4, -0.2) is 34.0 Å². The number of methoxy groups -OCH3 is 1. The van der Waals surface area contributed by atoms with Crippen LogP contribution in [0.15, 0.2) is 24.3 Å². The standard InChI is InChI=1S/C18H26N4O/c1-4-13-7-5-6-8-16(13)22-18(20-12(2)21-22)14-9-10-17(23-3)15(19)11-14/h5-8,14-15,17H,4,9-11,19H2,1-3H3/t14-,15+,17+/m0/s1. The largest absolute Gasteiger partial charge is 0.380 e. The second-order valence-corrected chi connectivity index (χ2v) is 6.36. The van der Waals surface area contributed by atoms with Crippen molar-refractivity contribution >= 4 is 0 Å². The van der Waals surface area contributed by atoms with E-state index in [2.05, 4.69) is 36.3 Å². The number of nitrogens with two attached hydrogens (primary N) is 1. The van der Waals surface area contributed by atoms with Crippen molar-refractivity contribution in [3.8, 4) is 5.69 Å². The molecule has 5 nitrogen and oxygen atoms in total.